The van der Waals surface area contributed by atoms with Crippen molar-refractivity contribution in [2.45, 2.75) is 18.9 Å². The first-order valence-corrected chi connectivity index (χ1v) is 8.55. The number of aromatic nitrogens is 3. The SMILES string of the molecule is CN1C(=O)CC[C@@H](C(=O)Nc2ccc3n[nH]nc3c2)[C@H]1c1ccccc1. The molecule has 2 N–H and O–H groups in total. The third-order valence-corrected chi connectivity index (χ3v) is 4.92. The summed E-state index contributed by atoms with van der Waals surface area (Å²) in [5.74, 6) is -0.346. The Kier molecular flexibility index (Phi) is 4.12. The highest BCUT2D eigenvalue weighted by molar-refractivity contribution is 5.96. The first-order chi connectivity index (χ1) is 12.6. The summed E-state index contributed by atoms with van der Waals surface area (Å²) in [7, 11) is 1.76. The summed E-state index contributed by atoms with van der Waals surface area (Å²) in [5.41, 5.74) is 3.07. The van der Waals surface area contributed by atoms with Gasteiger partial charge in [0.15, 0.2) is 0 Å². The van der Waals surface area contributed by atoms with Crippen LogP contribution < -0.4 is 5.32 Å². The highest BCUT2D eigenvalue weighted by Crippen LogP contribution is 2.36. The van der Waals surface area contributed by atoms with Gasteiger partial charge in [-0.3, -0.25) is 9.59 Å². The van der Waals surface area contributed by atoms with Crippen molar-refractivity contribution in [1.29, 1.82) is 0 Å². The van der Waals surface area contributed by atoms with Crippen LogP contribution in [0.25, 0.3) is 11.0 Å². The molecule has 1 fully saturated rings. The summed E-state index contributed by atoms with van der Waals surface area (Å²) in [6.07, 6.45) is 0.904. The number of amides is 2. The van der Waals surface area contributed by atoms with Crippen molar-refractivity contribution in [2.24, 2.45) is 5.92 Å². The summed E-state index contributed by atoms with van der Waals surface area (Å²) in [5, 5.41) is 13.6. The number of rotatable bonds is 3. The van der Waals surface area contributed by atoms with Crippen LogP contribution in [-0.4, -0.2) is 39.2 Å². The van der Waals surface area contributed by atoms with Gasteiger partial charge in [-0.15, -0.1) is 0 Å². The maximum atomic E-state index is 13.0. The lowest BCUT2D eigenvalue weighted by Crippen LogP contribution is -2.44. The number of benzene rings is 2. The summed E-state index contributed by atoms with van der Waals surface area (Å²) < 4.78 is 0. The number of carbonyl (C=O) groups is 2. The lowest BCUT2D eigenvalue weighted by atomic mass is 9.84. The molecule has 3 aromatic rings. The molecule has 1 aliphatic rings. The molecular weight excluding hydrogens is 330 g/mol. The quantitative estimate of drug-likeness (QED) is 0.760. The Balaban J connectivity index is 1.60. The molecule has 1 saturated heterocycles. The Morgan fingerprint density at radius 2 is 1.92 bits per heavy atom. The standard InChI is InChI=1S/C19H19N5O2/c1-24-17(25)10-8-14(18(24)12-5-3-2-4-6-12)19(26)20-13-7-9-15-16(11-13)22-23-21-15/h2-7,9,11,14,18H,8,10H2,1H3,(H,20,26)(H,21,22,23)/t14-,18-/m1/s1. The van der Waals surface area contributed by atoms with Gasteiger partial charge >= 0.3 is 0 Å². The van der Waals surface area contributed by atoms with Gasteiger partial charge in [0.25, 0.3) is 0 Å². The monoisotopic (exact) mass is 349 g/mol. The topological polar surface area (TPSA) is 91.0 Å². The van der Waals surface area contributed by atoms with E-state index in [0.29, 0.717) is 24.0 Å². The van der Waals surface area contributed by atoms with Crippen LogP contribution >= 0.6 is 0 Å². The second-order valence-corrected chi connectivity index (χ2v) is 6.52. The zero-order valence-corrected chi connectivity index (χ0v) is 14.3. The average Bonchev–Trinajstić information content (AvgIpc) is 3.12. The minimum Gasteiger partial charge on any atom is -0.338 e. The van der Waals surface area contributed by atoms with Crippen molar-refractivity contribution in [2.75, 3.05) is 12.4 Å². The molecule has 132 valence electrons. The Morgan fingerprint density at radius 3 is 2.73 bits per heavy atom. The van der Waals surface area contributed by atoms with Crippen LogP contribution in [0.15, 0.2) is 48.5 Å². The molecule has 0 aliphatic carbocycles. The smallest absolute Gasteiger partial charge is 0.229 e. The Bertz CT molecular complexity index is 953. The van der Waals surface area contributed by atoms with Crippen molar-refractivity contribution in [3.63, 3.8) is 0 Å². The van der Waals surface area contributed by atoms with Gasteiger partial charge < -0.3 is 10.2 Å². The maximum absolute atomic E-state index is 13.0. The number of H-pyrrole nitrogens is 1. The van der Waals surface area contributed by atoms with Crippen molar-refractivity contribution in [1.82, 2.24) is 20.3 Å². The van der Waals surface area contributed by atoms with Crippen LogP contribution in [0.4, 0.5) is 5.69 Å². The van der Waals surface area contributed by atoms with E-state index in [1.54, 1.807) is 30.1 Å². The normalized spacial score (nSPS) is 20.3. The number of hydrogen-bond donors (Lipinski definition) is 2. The number of hydrogen-bond acceptors (Lipinski definition) is 4. The zero-order chi connectivity index (χ0) is 18.1. The molecule has 7 heteroatoms. The highest BCUT2D eigenvalue weighted by Gasteiger charge is 2.38. The Morgan fingerprint density at radius 1 is 1.15 bits per heavy atom. The molecule has 1 aromatic heterocycles. The average molecular weight is 349 g/mol. The summed E-state index contributed by atoms with van der Waals surface area (Å²) in [6, 6.07) is 14.8. The second kappa shape index (κ2) is 6.59. The van der Waals surface area contributed by atoms with Gasteiger partial charge in [-0.25, -0.2) is 0 Å². The number of anilines is 1. The zero-order valence-electron chi connectivity index (χ0n) is 14.3. The van der Waals surface area contributed by atoms with Crippen molar-refractivity contribution in [3.8, 4) is 0 Å². The van der Waals surface area contributed by atoms with Gasteiger partial charge in [-0.2, -0.15) is 15.4 Å². The largest absolute Gasteiger partial charge is 0.338 e. The lowest BCUT2D eigenvalue weighted by molar-refractivity contribution is -0.140. The molecule has 4 rings (SSSR count). The fourth-order valence-corrected chi connectivity index (χ4v) is 3.57. The second-order valence-electron chi connectivity index (χ2n) is 6.52. The third-order valence-electron chi connectivity index (χ3n) is 4.92. The van der Waals surface area contributed by atoms with Crippen molar-refractivity contribution >= 4 is 28.5 Å². The Hall–Kier alpha value is -3.22. The number of likely N-dealkylation sites (tertiary alicyclic amines) is 1. The molecule has 26 heavy (non-hydrogen) atoms. The number of aromatic amines is 1. The van der Waals surface area contributed by atoms with E-state index >= 15 is 0 Å². The van der Waals surface area contributed by atoms with Crippen molar-refractivity contribution in [3.05, 3.63) is 54.1 Å². The van der Waals surface area contributed by atoms with Crippen molar-refractivity contribution < 1.29 is 9.59 Å². The Labute approximate surface area is 150 Å². The molecule has 0 unspecified atom stereocenters. The van der Waals surface area contributed by atoms with Crippen LogP contribution in [0, 0.1) is 5.92 Å². The van der Waals surface area contributed by atoms with Crippen LogP contribution in [0.3, 0.4) is 0 Å². The van der Waals surface area contributed by atoms with E-state index in [0.717, 1.165) is 11.1 Å². The van der Waals surface area contributed by atoms with E-state index in [2.05, 4.69) is 20.7 Å². The number of piperidine rings is 1. The molecule has 0 saturated carbocycles. The van der Waals surface area contributed by atoms with Gasteiger partial charge in [0.05, 0.1) is 12.0 Å². The number of nitrogens with one attached hydrogen (secondary N) is 2. The minimum atomic E-state index is -0.312. The molecule has 1 aliphatic heterocycles. The van der Waals surface area contributed by atoms with Gasteiger partial charge in [0, 0.05) is 19.2 Å². The molecule has 0 radical (unpaired) electrons. The summed E-state index contributed by atoms with van der Waals surface area (Å²) in [6.45, 7) is 0. The van der Waals surface area contributed by atoms with Gasteiger partial charge in [-0.05, 0) is 30.2 Å². The molecule has 2 atom stereocenters. The van der Waals surface area contributed by atoms with E-state index in [4.69, 9.17) is 0 Å². The highest BCUT2D eigenvalue weighted by atomic mass is 16.2. The molecule has 7 nitrogen and oxygen atoms in total. The number of nitrogens with zero attached hydrogens (tertiary/aromatic N) is 3. The van der Waals surface area contributed by atoms with E-state index in [1.165, 1.54) is 0 Å². The van der Waals surface area contributed by atoms with Gasteiger partial charge in [-0.1, -0.05) is 30.3 Å². The van der Waals surface area contributed by atoms with E-state index < -0.39 is 0 Å². The molecule has 2 amide bonds. The fraction of sp³-hybridized carbons (Fsp3) is 0.263. The summed E-state index contributed by atoms with van der Waals surface area (Å²) in [4.78, 5) is 26.9. The minimum absolute atomic E-state index is 0.0620. The van der Waals surface area contributed by atoms with Crippen LogP contribution in [0.2, 0.25) is 0 Å². The molecule has 0 spiro atoms. The van der Waals surface area contributed by atoms with E-state index in [-0.39, 0.29) is 23.8 Å². The summed E-state index contributed by atoms with van der Waals surface area (Å²) >= 11 is 0. The molecular formula is C19H19N5O2. The van der Waals surface area contributed by atoms with E-state index in [9.17, 15) is 9.59 Å². The predicted octanol–water partition coefficient (Wildman–Crippen LogP) is 2.51. The van der Waals surface area contributed by atoms with Gasteiger partial charge in [0.1, 0.15) is 11.0 Å². The molecule has 2 heterocycles. The predicted molar refractivity (Wildman–Crippen MR) is 97.2 cm³/mol. The van der Waals surface area contributed by atoms with E-state index in [1.807, 2.05) is 30.3 Å². The maximum Gasteiger partial charge on any atom is 0.229 e. The third kappa shape index (κ3) is 2.92. The lowest BCUT2D eigenvalue weighted by Gasteiger charge is -2.38. The number of fused-ring (bicyclic) bond motifs is 1. The van der Waals surface area contributed by atoms with Crippen LogP contribution in [0.5, 0.6) is 0 Å². The molecule has 2 aromatic carbocycles. The fourth-order valence-electron chi connectivity index (χ4n) is 3.57. The van der Waals surface area contributed by atoms with Gasteiger partial charge in [0.2, 0.25) is 11.8 Å². The van der Waals surface area contributed by atoms with Crippen LogP contribution in [0.1, 0.15) is 24.4 Å². The number of carbonyl (C=O) groups excluding carboxylic acids is 2. The molecule has 0 bridgehead atoms. The first-order valence-electron chi connectivity index (χ1n) is 8.55. The first kappa shape index (κ1) is 16.3. The van der Waals surface area contributed by atoms with Crippen LogP contribution in [-0.2, 0) is 9.59 Å².